The predicted molar refractivity (Wildman–Crippen MR) is 86.4 cm³/mol. The summed E-state index contributed by atoms with van der Waals surface area (Å²) in [6, 6.07) is 0. The molecule has 114 valence electrons. The highest BCUT2D eigenvalue weighted by molar-refractivity contribution is 7.99. The number of hydrogen-bond acceptors (Lipinski definition) is 5. The number of aryl methyl sites for hydroxylation is 1. The van der Waals surface area contributed by atoms with Crippen LogP contribution in [0.5, 0.6) is 0 Å². The van der Waals surface area contributed by atoms with E-state index in [9.17, 15) is 4.79 Å². The van der Waals surface area contributed by atoms with Crippen LogP contribution in [0, 0.1) is 6.92 Å². The van der Waals surface area contributed by atoms with Gasteiger partial charge in [-0.2, -0.15) is 0 Å². The molecule has 0 fully saturated rings. The molecule has 0 saturated heterocycles. The minimum atomic E-state index is -0.880. The Morgan fingerprint density at radius 1 is 1.48 bits per heavy atom. The lowest BCUT2D eigenvalue weighted by Crippen LogP contribution is -2.24. The van der Waals surface area contributed by atoms with Crippen molar-refractivity contribution in [1.82, 2.24) is 14.8 Å². The summed E-state index contributed by atoms with van der Waals surface area (Å²) in [5.41, 5.74) is 0.723. The molecule has 0 aliphatic carbocycles. The molecule has 0 aliphatic rings. The Hall–Kier alpha value is -1.05. The number of hydrogen-bond donors (Lipinski definition) is 1. The van der Waals surface area contributed by atoms with Crippen LogP contribution in [0.25, 0.3) is 10.7 Å². The lowest BCUT2D eigenvalue weighted by Gasteiger charge is -2.24. The van der Waals surface area contributed by atoms with E-state index < -0.39 is 5.97 Å². The number of rotatable bonds is 4. The molecule has 0 bridgehead atoms. The molecule has 2 rings (SSSR count). The molecule has 2 aromatic heterocycles. The topological polar surface area (TPSA) is 68.0 Å². The summed E-state index contributed by atoms with van der Waals surface area (Å²) < 4.78 is 1.94. The van der Waals surface area contributed by atoms with E-state index in [4.69, 9.17) is 16.7 Å². The third-order valence-electron chi connectivity index (χ3n) is 2.73. The van der Waals surface area contributed by atoms with Gasteiger partial charge in [-0.25, -0.2) is 0 Å². The molecular formula is C13H16ClN3O2S2. The lowest BCUT2D eigenvalue weighted by atomic mass is 10.1. The predicted octanol–water partition coefficient (Wildman–Crippen LogP) is 3.90. The number of carbonyl (C=O) groups is 1. The van der Waals surface area contributed by atoms with Crippen LogP contribution in [0.3, 0.4) is 0 Å². The zero-order valence-corrected chi connectivity index (χ0v) is 14.6. The van der Waals surface area contributed by atoms with Crippen molar-refractivity contribution < 1.29 is 9.90 Å². The first-order valence-electron chi connectivity index (χ1n) is 6.26. The Bertz CT molecular complexity index is 673. The summed E-state index contributed by atoms with van der Waals surface area (Å²) in [4.78, 5) is 11.6. The molecular weight excluding hydrogens is 330 g/mol. The van der Waals surface area contributed by atoms with E-state index in [0.717, 1.165) is 22.2 Å². The van der Waals surface area contributed by atoms with Crippen LogP contribution in [-0.2, 0) is 10.3 Å². The average molecular weight is 346 g/mol. The molecule has 8 heteroatoms. The van der Waals surface area contributed by atoms with Gasteiger partial charge in [0.1, 0.15) is 0 Å². The normalized spacial score (nSPS) is 11.9. The van der Waals surface area contributed by atoms with Crippen LogP contribution in [0.15, 0.2) is 10.5 Å². The van der Waals surface area contributed by atoms with E-state index in [1.807, 2.05) is 37.6 Å². The minimum absolute atomic E-state index is 0.0502. The highest BCUT2D eigenvalue weighted by Crippen LogP contribution is 2.39. The van der Waals surface area contributed by atoms with Crippen molar-refractivity contribution in [3.63, 3.8) is 0 Å². The molecule has 0 radical (unpaired) electrons. The second kappa shape index (κ2) is 5.98. The molecule has 5 nitrogen and oxygen atoms in total. The van der Waals surface area contributed by atoms with Crippen LogP contribution in [0.2, 0.25) is 5.02 Å². The molecule has 21 heavy (non-hydrogen) atoms. The number of thioether (sulfide) groups is 1. The van der Waals surface area contributed by atoms with Gasteiger partial charge in [0.25, 0.3) is 0 Å². The quantitative estimate of drug-likeness (QED) is 0.851. The van der Waals surface area contributed by atoms with Gasteiger partial charge in [0.05, 0.1) is 15.7 Å². The van der Waals surface area contributed by atoms with Crippen molar-refractivity contribution in [2.45, 2.75) is 38.4 Å². The fourth-order valence-electron chi connectivity index (χ4n) is 1.82. The van der Waals surface area contributed by atoms with E-state index >= 15 is 0 Å². The Morgan fingerprint density at radius 2 is 2.14 bits per heavy atom. The molecule has 0 atom stereocenters. The molecule has 1 N–H and O–H groups in total. The molecule has 0 unspecified atom stereocenters. The van der Waals surface area contributed by atoms with Gasteiger partial charge in [0, 0.05) is 5.54 Å². The standard InChI is InChI=1S/C13H16ClN3O2S2/c1-7-5-20-10(9(7)14)11-15-16-12(21-6-8(18)19)17(11)13(2,3)4/h5H,6H2,1-4H3,(H,18,19). The molecule has 0 amide bonds. The van der Waals surface area contributed by atoms with Crippen LogP contribution in [-0.4, -0.2) is 31.6 Å². The average Bonchev–Trinajstić information content (AvgIpc) is 2.91. The Morgan fingerprint density at radius 3 is 2.62 bits per heavy atom. The van der Waals surface area contributed by atoms with Crippen molar-refractivity contribution in [3.05, 3.63) is 16.0 Å². The van der Waals surface area contributed by atoms with E-state index in [1.54, 1.807) is 0 Å². The molecule has 2 heterocycles. The fraction of sp³-hybridized carbons (Fsp3) is 0.462. The number of nitrogens with zero attached hydrogens (tertiary/aromatic N) is 3. The van der Waals surface area contributed by atoms with E-state index in [0.29, 0.717) is 16.0 Å². The number of carboxylic acid groups (broad SMARTS) is 1. The third-order valence-corrected chi connectivity index (χ3v) is 5.34. The van der Waals surface area contributed by atoms with Gasteiger partial charge < -0.3 is 5.11 Å². The smallest absolute Gasteiger partial charge is 0.313 e. The Kier molecular flexibility index (Phi) is 4.65. The monoisotopic (exact) mass is 345 g/mol. The second-order valence-corrected chi connectivity index (χ2v) is 7.76. The van der Waals surface area contributed by atoms with Gasteiger partial charge in [-0.3, -0.25) is 9.36 Å². The molecule has 0 spiro atoms. The van der Waals surface area contributed by atoms with Crippen molar-refractivity contribution in [2.75, 3.05) is 5.75 Å². The summed E-state index contributed by atoms with van der Waals surface area (Å²) in [7, 11) is 0. The van der Waals surface area contributed by atoms with Gasteiger partial charge >= 0.3 is 5.97 Å². The van der Waals surface area contributed by atoms with Crippen LogP contribution in [0.4, 0.5) is 0 Å². The Labute approximate surface area is 136 Å². The second-order valence-electron chi connectivity index (χ2n) is 5.56. The first-order valence-corrected chi connectivity index (χ1v) is 8.50. The van der Waals surface area contributed by atoms with Gasteiger partial charge in [0.2, 0.25) is 0 Å². The number of aliphatic carboxylic acids is 1. The molecule has 2 aromatic rings. The fourth-order valence-corrected chi connectivity index (χ4v) is 3.91. The summed E-state index contributed by atoms with van der Waals surface area (Å²) in [5.74, 6) is -0.251. The van der Waals surface area contributed by atoms with Gasteiger partial charge in [0.15, 0.2) is 11.0 Å². The SMILES string of the molecule is Cc1csc(-c2nnc(SCC(=O)O)n2C(C)(C)C)c1Cl. The van der Waals surface area contributed by atoms with Crippen LogP contribution in [0.1, 0.15) is 26.3 Å². The zero-order chi connectivity index (χ0) is 15.8. The van der Waals surface area contributed by atoms with Gasteiger partial charge in [-0.1, -0.05) is 23.4 Å². The Balaban J connectivity index is 2.52. The summed E-state index contributed by atoms with van der Waals surface area (Å²) >= 11 is 9.01. The van der Waals surface area contributed by atoms with Crippen molar-refractivity contribution >= 4 is 40.7 Å². The summed E-state index contributed by atoms with van der Waals surface area (Å²) in [5, 5.41) is 20.4. The largest absolute Gasteiger partial charge is 0.481 e. The lowest BCUT2D eigenvalue weighted by molar-refractivity contribution is -0.133. The molecule has 0 saturated carbocycles. The van der Waals surface area contributed by atoms with Crippen molar-refractivity contribution in [3.8, 4) is 10.7 Å². The maximum Gasteiger partial charge on any atom is 0.313 e. The van der Waals surface area contributed by atoms with Crippen LogP contribution >= 0.6 is 34.7 Å². The zero-order valence-electron chi connectivity index (χ0n) is 12.2. The minimum Gasteiger partial charge on any atom is -0.481 e. The molecule has 0 aliphatic heterocycles. The summed E-state index contributed by atoms with van der Waals surface area (Å²) in [6.07, 6.45) is 0. The van der Waals surface area contributed by atoms with Crippen molar-refractivity contribution in [1.29, 1.82) is 0 Å². The highest BCUT2D eigenvalue weighted by atomic mass is 35.5. The maximum absolute atomic E-state index is 10.8. The third kappa shape index (κ3) is 3.41. The van der Waals surface area contributed by atoms with Crippen LogP contribution < -0.4 is 0 Å². The van der Waals surface area contributed by atoms with Crippen molar-refractivity contribution in [2.24, 2.45) is 0 Å². The molecule has 0 aromatic carbocycles. The van der Waals surface area contributed by atoms with Gasteiger partial charge in [-0.05, 0) is 38.6 Å². The van der Waals surface area contributed by atoms with Gasteiger partial charge in [-0.15, -0.1) is 21.5 Å². The number of thiophene rings is 1. The number of halogens is 1. The number of carboxylic acids is 1. The summed E-state index contributed by atoms with van der Waals surface area (Å²) in [6.45, 7) is 8.03. The van der Waals surface area contributed by atoms with E-state index in [-0.39, 0.29) is 11.3 Å². The van der Waals surface area contributed by atoms with E-state index in [2.05, 4.69) is 10.2 Å². The first-order chi connectivity index (χ1) is 9.71. The number of aromatic nitrogens is 3. The van der Waals surface area contributed by atoms with E-state index in [1.165, 1.54) is 11.3 Å². The highest BCUT2D eigenvalue weighted by Gasteiger charge is 2.26. The maximum atomic E-state index is 10.8. The first kappa shape index (κ1) is 16.3.